The van der Waals surface area contributed by atoms with Crippen LogP contribution in [-0.2, 0) is 0 Å². The zero-order valence-electron chi connectivity index (χ0n) is 9.69. The molecule has 1 atom stereocenters. The maximum absolute atomic E-state index is 3.61. The summed E-state index contributed by atoms with van der Waals surface area (Å²) in [6.07, 6.45) is 1.10. The Morgan fingerprint density at radius 1 is 0.824 bits per heavy atom. The monoisotopic (exact) mass is 224 g/mol. The quantitative estimate of drug-likeness (QED) is 0.772. The molecule has 1 aliphatic rings. The standard InChI is InChI=1S/C15H16N2/c1-2-6-12(7-3-1)13-10-11-16-14-8-4-5-9-15(14)17-13/h1-9,13,16-17H,10-11H2/t13-/m0/s1. The van der Waals surface area contributed by atoms with Crippen molar-refractivity contribution in [3.05, 3.63) is 60.2 Å². The van der Waals surface area contributed by atoms with Gasteiger partial charge in [0.05, 0.1) is 17.4 Å². The summed E-state index contributed by atoms with van der Waals surface area (Å²) in [5.74, 6) is 0. The summed E-state index contributed by atoms with van der Waals surface area (Å²) in [7, 11) is 0. The van der Waals surface area contributed by atoms with E-state index in [1.807, 2.05) is 0 Å². The van der Waals surface area contributed by atoms with Crippen LogP contribution in [0.3, 0.4) is 0 Å². The van der Waals surface area contributed by atoms with Gasteiger partial charge in [0.15, 0.2) is 0 Å². The predicted octanol–water partition coefficient (Wildman–Crippen LogP) is 3.66. The summed E-state index contributed by atoms with van der Waals surface area (Å²) < 4.78 is 0. The largest absolute Gasteiger partial charge is 0.383 e. The Labute approximate surface area is 102 Å². The van der Waals surface area contributed by atoms with Gasteiger partial charge in [0, 0.05) is 6.54 Å². The lowest BCUT2D eigenvalue weighted by atomic mass is 10.0. The van der Waals surface area contributed by atoms with Crippen molar-refractivity contribution in [2.75, 3.05) is 17.2 Å². The molecule has 0 unspecified atom stereocenters. The normalized spacial score (nSPS) is 18.5. The van der Waals surface area contributed by atoms with Crippen molar-refractivity contribution >= 4 is 11.4 Å². The van der Waals surface area contributed by atoms with Gasteiger partial charge in [-0.2, -0.15) is 0 Å². The van der Waals surface area contributed by atoms with Gasteiger partial charge in [0.25, 0.3) is 0 Å². The minimum atomic E-state index is 0.396. The van der Waals surface area contributed by atoms with Gasteiger partial charge in [-0.25, -0.2) is 0 Å². The average Bonchev–Trinajstić information content (AvgIpc) is 2.62. The molecular weight excluding hydrogens is 208 g/mol. The molecular formula is C15H16N2. The van der Waals surface area contributed by atoms with E-state index in [1.165, 1.54) is 16.9 Å². The maximum atomic E-state index is 3.61. The summed E-state index contributed by atoms with van der Waals surface area (Å²) in [5.41, 5.74) is 3.75. The molecule has 0 radical (unpaired) electrons. The first-order valence-electron chi connectivity index (χ1n) is 6.08. The van der Waals surface area contributed by atoms with E-state index in [0.717, 1.165) is 13.0 Å². The number of benzene rings is 2. The van der Waals surface area contributed by atoms with Gasteiger partial charge in [0.2, 0.25) is 0 Å². The molecule has 0 aromatic heterocycles. The van der Waals surface area contributed by atoms with E-state index >= 15 is 0 Å². The minimum absolute atomic E-state index is 0.396. The van der Waals surface area contributed by atoms with Crippen molar-refractivity contribution in [1.82, 2.24) is 0 Å². The molecule has 0 saturated carbocycles. The number of hydrogen-bond donors (Lipinski definition) is 2. The average molecular weight is 224 g/mol. The Bertz CT molecular complexity index is 493. The summed E-state index contributed by atoms with van der Waals surface area (Å²) >= 11 is 0. The topological polar surface area (TPSA) is 24.1 Å². The van der Waals surface area contributed by atoms with Crippen LogP contribution in [-0.4, -0.2) is 6.54 Å². The molecule has 0 amide bonds. The van der Waals surface area contributed by atoms with Crippen LogP contribution in [0.2, 0.25) is 0 Å². The van der Waals surface area contributed by atoms with Gasteiger partial charge in [-0.05, 0) is 24.1 Å². The fraction of sp³-hybridized carbons (Fsp3) is 0.200. The molecule has 2 aromatic rings. The van der Waals surface area contributed by atoms with Crippen LogP contribution in [0.4, 0.5) is 11.4 Å². The van der Waals surface area contributed by atoms with Crippen molar-refractivity contribution in [2.45, 2.75) is 12.5 Å². The highest BCUT2D eigenvalue weighted by Gasteiger charge is 2.15. The molecule has 3 rings (SSSR count). The Morgan fingerprint density at radius 3 is 2.35 bits per heavy atom. The first kappa shape index (κ1) is 10.2. The van der Waals surface area contributed by atoms with Crippen LogP contribution >= 0.6 is 0 Å². The van der Waals surface area contributed by atoms with Crippen LogP contribution < -0.4 is 10.6 Å². The lowest BCUT2D eigenvalue weighted by Crippen LogP contribution is -2.10. The summed E-state index contributed by atoms with van der Waals surface area (Å²) in [6, 6.07) is 19.4. The van der Waals surface area contributed by atoms with E-state index in [9.17, 15) is 0 Å². The Hall–Kier alpha value is -1.96. The number of nitrogens with one attached hydrogen (secondary N) is 2. The second-order valence-corrected chi connectivity index (χ2v) is 4.37. The third-order valence-electron chi connectivity index (χ3n) is 3.21. The van der Waals surface area contributed by atoms with Crippen molar-refractivity contribution in [3.63, 3.8) is 0 Å². The zero-order valence-corrected chi connectivity index (χ0v) is 9.69. The van der Waals surface area contributed by atoms with Gasteiger partial charge in [-0.3, -0.25) is 0 Å². The molecule has 0 saturated heterocycles. The van der Waals surface area contributed by atoms with Crippen LogP contribution in [0.5, 0.6) is 0 Å². The predicted molar refractivity (Wildman–Crippen MR) is 72.4 cm³/mol. The second kappa shape index (κ2) is 4.50. The highest BCUT2D eigenvalue weighted by Crippen LogP contribution is 2.30. The Kier molecular flexibility index (Phi) is 2.70. The third kappa shape index (κ3) is 2.11. The first-order chi connectivity index (χ1) is 8.43. The number of fused-ring (bicyclic) bond motifs is 1. The molecule has 0 fully saturated rings. The number of rotatable bonds is 1. The number of hydrogen-bond acceptors (Lipinski definition) is 2. The maximum Gasteiger partial charge on any atom is 0.0580 e. The Balaban J connectivity index is 1.91. The highest BCUT2D eigenvalue weighted by atomic mass is 15.0. The van der Waals surface area contributed by atoms with Crippen LogP contribution in [0.15, 0.2) is 54.6 Å². The van der Waals surface area contributed by atoms with E-state index in [0.29, 0.717) is 6.04 Å². The smallest absolute Gasteiger partial charge is 0.0580 e. The molecule has 17 heavy (non-hydrogen) atoms. The Morgan fingerprint density at radius 2 is 1.53 bits per heavy atom. The third-order valence-corrected chi connectivity index (χ3v) is 3.21. The lowest BCUT2D eigenvalue weighted by Gasteiger charge is -2.17. The van der Waals surface area contributed by atoms with Gasteiger partial charge >= 0.3 is 0 Å². The highest BCUT2D eigenvalue weighted by molar-refractivity contribution is 5.69. The number of anilines is 2. The van der Waals surface area contributed by atoms with E-state index in [1.54, 1.807) is 0 Å². The molecule has 1 aliphatic heterocycles. The molecule has 2 N–H and O–H groups in total. The van der Waals surface area contributed by atoms with E-state index in [4.69, 9.17) is 0 Å². The molecule has 86 valence electrons. The van der Waals surface area contributed by atoms with Crippen molar-refractivity contribution in [1.29, 1.82) is 0 Å². The lowest BCUT2D eigenvalue weighted by molar-refractivity contribution is 0.731. The fourth-order valence-electron chi connectivity index (χ4n) is 2.31. The molecule has 1 heterocycles. The van der Waals surface area contributed by atoms with Gasteiger partial charge in [0.1, 0.15) is 0 Å². The summed E-state index contributed by atoms with van der Waals surface area (Å²) in [4.78, 5) is 0. The van der Waals surface area contributed by atoms with Crippen LogP contribution in [0.1, 0.15) is 18.0 Å². The van der Waals surface area contributed by atoms with Gasteiger partial charge < -0.3 is 10.6 Å². The molecule has 2 aromatic carbocycles. The van der Waals surface area contributed by atoms with Gasteiger partial charge in [-0.1, -0.05) is 42.5 Å². The summed E-state index contributed by atoms with van der Waals surface area (Å²) in [5, 5.41) is 7.08. The molecule has 2 nitrogen and oxygen atoms in total. The minimum Gasteiger partial charge on any atom is -0.383 e. The summed E-state index contributed by atoms with van der Waals surface area (Å²) in [6.45, 7) is 1.00. The van der Waals surface area contributed by atoms with E-state index in [-0.39, 0.29) is 0 Å². The van der Waals surface area contributed by atoms with Crippen molar-refractivity contribution in [3.8, 4) is 0 Å². The molecule has 2 heteroatoms. The van der Waals surface area contributed by atoms with Crippen LogP contribution in [0.25, 0.3) is 0 Å². The van der Waals surface area contributed by atoms with E-state index < -0.39 is 0 Å². The van der Waals surface area contributed by atoms with Crippen LogP contribution in [0, 0.1) is 0 Å². The van der Waals surface area contributed by atoms with Gasteiger partial charge in [-0.15, -0.1) is 0 Å². The number of para-hydroxylation sites is 2. The fourth-order valence-corrected chi connectivity index (χ4v) is 2.31. The molecule has 0 aliphatic carbocycles. The van der Waals surface area contributed by atoms with E-state index in [2.05, 4.69) is 65.2 Å². The first-order valence-corrected chi connectivity index (χ1v) is 6.08. The SMILES string of the molecule is c1ccc([C@@H]2CCNc3ccccc3N2)cc1. The van der Waals surface area contributed by atoms with Crippen molar-refractivity contribution < 1.29 is 0 Å². The molecule has 0 spiro atoms. The zero-order chi connectivity index (χ0) is 11.5. The van der Waals surface area contributed by atoms with Crippen molar-refractivity contribution in [2.24, 2.45) is 0 Å². The molecule has 0 bridgehead atoms. The second-order valence-electron chi connectivity index (χ2n) is 4.37.